The highest BCUT2D eigenvalue weighted by Crippen LogP contribution is 2.27. The van der Waals surface area contributed by atoms with Gasteiger partial charge in [0.15, 0.2) is 0 Å². The molecule has 0 aliphatic carbocycles. The molecule has 1 aliphatic heterocycles. The van der Waals surface area contributed by atoms with E-state index in [2.05, 4.69) is 0 Å². The summed E-state index contributed by atoms with van der Waals surface area (Å²) >= 11 is 0. The maximum Gasteiger partial charge on any atom is 0.329 e. The van der Waals surface area contributed by atoms with Crippen LogP contribution in [0.2, 0.25) is 0 Å². The second-order valence-corrected chi connectivity index (χ2v) is 6.94. The predicted octanol–water partition coefficient (Wildman–Crippen LogP) is 2.37. The summed E-state index contributed by atoms with van der Waals surface area (Å²) in [6.07, 6.45) is 1.57. The van der Waals surface area contributed by atoms with Crippen molar-refractivity contribution in [2.45, 2.75) is 66.0 Å². The molecular formula is C14H25NO3. The van der Waals surface area contributed by atoms with Crippen LogP contribution in [-0.2, 0) is 14.3 Å². The van der Waals surface area contributed by atoms with E-state index in [9.17, 15) is 9.59 Å². The lowest BCUT2D eigenvalue weighted by atomic mass is 9.94. The minimum atomic E-state index is -0.504. The van der Waals surface area contributed by atoms with Crippen molar-refractivity contribution < 1.29 is 14.3 Å². The van der Waals surface area contributed by atoms with Crippen molar-refractivity contribution >= 4 is 11.9 Å². The molecule has 104 valence electrons. The number of hydrogen-bond acceptors (Lipinski definition) is 3. The molecule has 1 amide bonds. The van der Waals surface area contributed by atoms with Gasteiger partial charge in [0.25, 0.3) is 0 Å². The average Bonchev–Trinajstić information content (AvgIpc) is 2.60. The lowest BCUT2D eigenvalue weighted by molar-refractivity contribution is -0.164. The molecule has 0 aromatic rings. The summed E-state index contributed by atoms with van der Waals surface area (Å²) < 4.78 is 5.38. The Bertz CT molecular complexity index is 336. The van der Waals surface area contributed by atoms with E-state index in [0.29, 0.717) is 13.0 Å². The summed E-state index contributed by atoms with van der Waals surface area (Å²) in [7, 11) is 0. The van der Waals surface area contributed by atoms with Crippen molar-refractivity contribution in [3.05, 3.63) is 0 Å². The van der Waals surface area contributed by atoms with Gasteiger partial charge in [0.05, 0.1) is 0 Å². The second-order valence-electron chi connectivity index (χ2n) is 6.94. The SMILES string of the molecule is CC(C)(C)OC(=O)C1CCCN1C(=O)C(C)(C)C. The van der Waals surface area contributed by atoms with Crippen LogP contribution in [0.5, 0.6) is 0 Å². The first kappa shape index (κ1) is 15.0. The summed E-state index contributed by atoms with van der Waals surface area (Å²) in [6, 6.07) is -0.407. The predicted molar refractivity (Wildman–Crippen MR) is 70.0 cm³/mol. The second kappa shape index (κ2) is 4.90. The molecule has 1 heterocycles. The fourth-order valence-electron chi connectivity index (χ4n) is 2.06. The molecule has 1 rings (SSSR count). The van der Waals surface area contributed by atoms with Crippen LogP contribution in [0, 0.1) is 5.41 Å². The van der Waals surface area contributed by atoms with Crippen LogP contribution in [0.15, 0.2) is 0 Å². The molecule has 0 aromatic carbocycles. The van der Waals surface area contributed by atoms with E-state index in [1.807, 2.05) is 41.5 Å². The average molecular weight is 255 g/mol. The van der Waals surface area contributed by atoms with Crippen LogP contribution in [0.1, 0.15) is 54.4 Å². The van der Waals surface area contributed by atoms with Crippen LogP contribution < -0.4 is 0 Å². The van der Waals surface area contributed by atoms with Gasteiger partial charge in [-0.25, -0.2) is 4.79 Å². The molecule has 4 heteroatoms. The Morgan fingerprint density at radius 3 is 2.11 bits per heavy atom. The summed E-state index contributed by atoms with van der Waals surface area (Å²) in [5, 5.41) is 0. The van der Waals surface area contributed by atoms with Crippen LogP contribution >= 0.6 is 0 Å². The number of likely N-dealkylation sites (tertiary alicyclic amines) is 1. The summed E-state index contributed by atoms with van der Waals surface area (Å²) in [5.41, 5.74) is -0.958. The third kappa shape index (κ3) is 3.72. The van der Waals surface area contributed by atoms with Gasteiger partial charge in [0.2, 0.25) is 5.91 Å². The van der Waals surface area contributed by atoms with E-state index in [4.69, 9.17) is 4.74 Å². The third-order valence-electron chi connectivity index (χ3n) is 2.83. The number of hydrogen-bond donors (Lipinski definition) is 0. The number of ether oxygens (including phenoxy) is 1. The molecule has 1 saturated heterocycles. The van der Waals surface area contributed by atoms with E-state index < -0.39 is 17.1 Å². The monoisotopic (exact) mass is 255 g/mol. The van der Waals surface area contributed by atoms with Crippen LogP contribution in [-0.4, -0.2) is 35.0 Å². The van der Waals surface area contributed by atoms with Gasteiger partial charge in [-0.2, -0.15) is 0 Å². The minimum Gasteiger partial charge on any atom is -0.458 e. The van der Waals surface area contributed by atoms with Gasteiger partial charge in [0, 0.05) is 12.0 Å². The first-order valence-corrected chi connectivity index (χ1v) is 6.56. The molecule has 4 nitrogen and oxygen atoms in total. The molecule has 0 bridgehead atoms. The highest BCUT2D eigenvalue weighted by molar-refractivity contribution is 5.88. The summed E-state index contributed by atoms with van der Waals surface area (Å²) in [5.74, 6) is -0.256. The number of carbonyl (C=O) groups excluding carboxylic acids is 2. The maximum atomic E-state index is 12.3. The van der Waals surface area contributed by atoms with E-state index in [1.165, 1.54) is 0 Å². The summed E-state index contributed by atoms with van der Waals surface area (Å²) in [4.78, 5) is 26.0. The molecule has 0 spiro atoms. The number of esters is 1. The Balaban J connectivity index is 2.77. The first-order chi connectivity index (χ1) is 8.02. The van der Waals surface area contributed by atoms with E-state index in [-0.39, 0.29) is 11.9 Å². The summed E-state index contributed by atoms with van der Waals surface area (Å²) in [6.45, 7) is 11.8. The van der Waals surface area contributed by atoms with Gasteiger partial charge in [-0.3, -0.25) is 4.79 Å². The fourth-order valence-corrected chi connectivity index (χ4v) is 2.06. The molecule has 0 N–H and O–H groups in total. The number of nitrogens with zero attached hydrogens (tertiary/aromatic N) is 1. The lowest BCUT2D eigenvalue weighted by Crippen LogP contribution is -2.47. The van der Waals surface area contributed by atoms with E-state index in [0.717, 1.165) is 6.42 Å². The van der Waals surface area contributed by atoms with Crippen LogP contribution in [0.25, 0.3) is 0 Å². The number of carbonyl (C=O) groups is 2. The van der Waals surface area contributed by atoms with Crippen LogP contribution in [0.3, 0.4) is 0 Å². The number of rotatable bonds is 1. The number of amides is 1. The van der Waals surface area contributed by atoms with E-state index >= 15 is 0 Å². The molecule has 1 unspecified atom stereocenters. The van der Waals surface area contributed by atoms with Gasteiger partial charge in [-0.05, 0) is 33.6 Å². The zero-order chi connectivity index (χ0) is 14.1. The van der Waals surface area contributed by atoms with Crippen LogP contribution in [0.4, 0.5) is 0 Å². The third-order valence-corrected chi connectivity index (χ3v) is 2.83. The Morgan fingerprint density at radius 1 is 1.11 bits per heavy atom. The Hall–Kier alpha value is -1.06. The van der Waals surface area contributed by atoms with Crippen molar-refractivity contribution in [1.29, 1.82) is 0 Å². The smallest absolute Gasteiger partial charge is 0.329 e. The van der Waals surface area contributed by atoms with Gasteiger partial charge in [-0.1, -0.05) is 20.8 Å². The molecule has 1 fully saturated rings. The highest BCUT2D eigenvalue weighted by atomic mass is 16.6. The molecule has 18 heavy (non-hydrogen) atoms. The van der Waals surface area contributed by atoms with Gasteiger partial charge < -0.3 is 9.64 Å². The van der Waals surface area contributed by atoms with Gasteiger partial charge in [-0.15, -0.1) is 0 Å². The van der Waals surface area contributed by atoms with Gasteiger partial charge in [0.1, 0.15) is 11.6 Å². The Morgan fingerprint density at radius 2 is 1.67 bits per heavy atom. The first-order valence-electron chi connectivity index (χ1n) is 6.56. The van der Waals surface area contributed by atoms with Crippen molar-refractivity contribution in [2.24, 2.45) is 5.41 Å². The largest absolute Gasteiger partial charge is 0.458 e. The normalized spacial score (nSPS) is 21.0. The molecule has 0 radical (unpaired) electrons. The molecule has 1 atom stereocenters. The topological polar surface area (TPSA) is 46.6 Å². The highest BCUT2D eigenvalue weighted by Gasteiger charge is 2.40. The fraction of sp³-hybridized carbons (Fsp3) is 0.857. The molecule has 1 aliphatic rings. The van der Waals surface area contributed by atoms with Crippen molar-refractivity contribution in [3.63, 3.8) is 0 Å². The zero-order valence-corrected chi connectivity index (χ0v) is 12.4. The lowest BCUT2D eigenvalue weighted by Gasteiger charge is -2.31. The Labute approximate surface area is 110 Å². The minimum absolute atomic E-state index is 0.0239. The molecule has 0 saturated carbocycles. The molecule has 0 aromatic heterocycles. The zero-order valence-electron chi connectivity index (χ0n) is 12.4. The quantitative estimate of drug-likeness (QED) is 0.676. The van der Waals surface area contributed by atoms with Crippen molar-refractivity contribution in [1.82, 2.24) is 4.90 Å². The van der Waals surface area contributed by atoms with E-state index in [1.54, 1.807) is 4.90 Å². The standard InChI is InChI=1S/C14H25NO3/c1-13(2,3)12(17)15-9-7-8-10(15)11(16)18-14(4,5)6/h10H,7-9H2,1-6H3. The van der Waals surface area contributed by atoms with Gasteiger partial charge >= 0.3 is 5.97 Å². The van der Waals surface area contributed by atoms with Crippen molar-refractivity contribution in [3.8, 4) is 0 Å². The Kier molecular flexibility index (Phi) is 4.08. The maximum absolute atomic E-state index is 12.3. The van der Waals surface area contributed by atoms with Crippen molar-refractivity contribution in [2.75, 3.05) is 6.54 Å². The molecular weight excluding hydrogens is 230 g/mol.